The highest BCUT2D eigenvalue weighted by Crippen LogP contribution is 2.26. The molecule has 0 aliphatic carbocycles. The number of halogens is 2. The van der Waals surface area contributed by atoms with Crippen LogP contribution in [0.2, 0.25) is 0 Å². The van der Waals surface area contributed by atoms with Gasteiger partial charge in [-0.2, -0.15) is 0 Å². The molecule has 98 valence electrons. The molecule has 0 saturated carbocycles. The van der Waals surface area contributed by atoms with Crippen LogP contribution in [-0.2, 0) is 9.59 Å². The van der Waals surface area contributed by atoms with Crippen molar-refractivity contribution in [3.8, 4) is 0 Å². The SMILES string of the molecule is NC(CCC(=O)O)C(=O)Nc1cc(Br)ccc1Br. The summed E-state index contributed by atoms with van der Waals surface area (Å²) in [5.74, 6) is -1.38. The minimum Gasteiger partial charge on any atom is -0.481 e. The van der Waals surface area contributed by atoms with E-state index in [1.807, 2.05) is 6.07 Å². The molecule has 18 heavy (non-hydrogen) atoms. The van der Waals surface area contributed by atoms with Gasteiger partial charge in [0, 0.05) is 15.4 Å². The largest absolute Gasteiger partial charge is 0.481 e. The van der Waals surface area contributed by atoms with Crippen LogP contribution in [0.5, 0.6) is 0 Å². The molecule has 1 unspecified atom stereocenters. The zero-order chi connectivity index (χ0) is 13.7. The van der Waals surface area contributed by atoms with Gasteiger partial charge >= 0.3 is 5.97 Å². The van der Waals surface area contributed by atoms with Crippen molar-refractivity contribution in [1.29, 1.82) is 0 Å². The van der Waals surface area contributed by atoms with Crippen LogP contribution in [0.25, 0.3) is 0 Å². The molecule has 0 fully saturated rings. The Labute approximate surface area is 121 Å². The number of rotatable bonds is 5. The molecule has 0 aliphatic rings. The van der Waals surface area contributed by atoms with Gasteiger partial charge in [-0.1, -0.05) is 15.9 Å². The Balaban J connectivity index is 2.63. The summed E-state index contributed by atoms with van der Waals surface area (Å²) in [7, 11) is 0. The topological polar surface area (TPSA) is 92.4 Å². The van der Waals surface area contributed by atoms with Crippen LogP contribution in [0.1, 0.15) is 12.8 Å². The van der Waals surface area contributed by atoms with E-state index in [0.29, 0.717) is 5.69 Å². The summed E-state index contributed by atoms with van der Waals surface area (Å²) in [6, 6.07) is 4.49. The van der Waals surface area contributed by atoms with E-state index < -0.39 is 17.9 Å². The van der Waals surface area contributed by atoms with E-state index >= 15 is 0 Å². The first kappa shape index (κ1) is 15.1. The molecule has 1 aromatic carbocycles. The number of amides is 1. The summed E-state index contributed by atoms with van der Waals surface area (Å²) < 4.78 is 1.55. The maximum absolute atomic E-state index is 11.7. The third kappa shape index (κ3) is 4.75. The average Bonchev–Trinajstić information content (AvgIpc) is 2.30. The third-order valence-electron chi connectivity index (χ3n) is 2.19. The quantitative estimate of drug-likeness (QED) is 0.732. The van der Waals surface area contributed by atoms with Crippen LogP contribution in [-0.4, -0.2) is 23.0 Å². The van der Waals surface area contributed by atoms with Crippen molar-refractivity contribution in [2.45, 2.75) is 18.9 Å². The molecular formula is C11H12Br2N2O3. The van der Waals surface area contributed by atoms with Crippen molar-refractivity contribution in [2.24, 2.45) is 5.73 Å². The minimum atomic E-state index is -0.970. The van der Waals surface area contributed by atoms with Crippen molar-refractivity contribution in [2.75, 3.05) is 5.32 Å². The molecular weight excluding hydrogens is 368 g/mol. The van der Waals surface area contributed by atoms with Crippen molar-refractivity contribution >= 4 is 49.4 Å². The Bertz CT molecular complexity index is 466. The zero-order valence-electron chi connectivity index (χ0n) is 9.32. The normalized spacial score (nSPS) is 11.9. The predicted octanol–water partition coefficient (Wildman–Crippen LogP) is 2.34. The highest BCUT2D eigenvalue weighted by atomic mass is 79.9. The second kappa shape index (κ2) is 6.86. The van der Waals surface area contributed by atoms with Gasteiger partial charge in [0.2, 0.25) is 5.91 Å². The lowest BCUT2D eigenvalue weighted by Crippen LogP contribution is -2.36. The smallest absolute Gasteiger partial charge is 0.303 e. The first-order valence-electron chi connectivity index (χ1n) is 5.13. The summed E-state index contributed by atoms with van der Waals surface area (Å²) in [6.07, 6.45) is -0.0268. The van der Waals surface area contributed by atoms with Gasteiger partial charge in [-0.05, 0) is 40.5 Å². The Morgan fingerprint density at radius 1 is 1.39 bits per heavy atom. The lowest BCUT2D eigenvalue weighted by atomic mass is 10.1. The van der Waals surface area contributed by atoms with Crippen molar-refractivity contribution in [3.05, 3.63) is 27.1 Å². The number of carbonyl (C=O) groups is 2. The van der Waals surface area contributed by atoms with E-state index in [1.165, 1.54) is 0 Å². The molecule has 0 saturated heterocycles. The van der Waals surface area contributed by atoms with E-state index in [2.05, 4.69) is 37.2 Å². The highest BCUT2D eigenvalue weighted by molar-refractivity contribution is 9.11. The second-order valence-electron chi connectivity index (χ2n) is 3.65. The highest BCUT2D eigenvalue weighted by Gasteiger charge is 2.16. The molecule has 0 radical (unpaired) electrons. The third-order valence-corrected chi connectivity index (χ3v) is 3.38. The van der Waals surface area contributed by atoms with Gasteiger partial charge < -0.3 is 16.2 Å². The van der Waals surface area contributed by atoms with Gasteiger partial charge in [-0.15, -0.1) is 0 Å². The van der Waals surface area contributed by atoms with Crippen LogP contribution >= 0.6 is 31.9 Å². The number of nitrogens with two attached hydrogens (primary N) is 1. The molecule has 1 aromatic rings. The van der Waals surface area contributed by atoms with Crippen molar-refractivity contribution in [3.63, 3.8) is 0 Å². The summed E-state index contributed by atoms with van der Waals surface area (Å²) >= 11 is 6.59. The predicted molar refractivity (Wildman–Crippen MR) is 75.3 cm³/mol. The Morgan fingerprint density at radius 3 is 2.67 bits per heavy atom. The molecule has 0 heterocycles. The molecule has 0 spiro atoms. The fraction of sp³-hybridized carbons (Fsp3) is 0.273. The minimum absolute atomic E-state index is 0.104. The number of carbonyl (C=O) groups excluding carboxylic acids is 1. The molecule has 7 heteroatoms. The van der Waals surface area contributed by atoms with Crippen LogP contribution in [0.15, 0.2) is 27.1 Å². The molecule has 1 atom stereocenters. The van der Waals surface area contributed by atoms with Crippen molar-refractivity contribution < 1.29 is 14.7 Å². The van der Waals surface area contributed by atoms with Crippen LogP contribution in [0, 0.1) is 0 Å². The monoisotopic (exact) mass is 378 g/mol. The van der Waals surface area contributed by atoms with Gasteiger partial charge in [0.25, 0.3) is 0 Å². The maximum atomic E-state index is 11.7. The molecule has 5 nitrogen and oxygen atoms in total. The molecule has 1 rings (SSSR count). The number of hydrogen-bond donors (Lipinski definition) is 3. The number of nitrogens with one attached hydrogen (secondary N) is 1. The first-order valence-corrected chi connectivity index (χ1v) is 6.72. The summed E-state index contributed by atoms with van der Waals surface area (Å²) in [4.78, 5) is 22.1. The summed E-state index contributed by atoms with van der Waals surface area (Å²) in [5.41, 5.74) is 6.18. The summed E-state index contributed by atoms with van der Waals surface area (Å²) in [5, 5.41) is 11.2. The van der Waals surface area contributed by atoms with Crippen molar-refractivity contribution in [1.82, 2.24) is 0 Å². The van der Waals surface area contributed by atoms with Crippen LogP contribution in [0.3, 0.4) is 0 Å². The Hall–Kier alpha value is -0.920. The first-order chi connectivity index (χ1) is 8.40. The van der Waals surface area contributed by atoms with Gasteiger partial charge in [-0.3, -0.25) is 9.59 Å². The van der Waals surface area contributed by atoms with Gasteiger partial charge in [0.05, 0.1) is 11.7 Å². The lowest BCUT2D eigenvalue weighted by molar-refractivity contribution is -0.137. The molecule has 0 bridgehead atoms. The number of carboxylic acid groups (broad SMARTS) is 1. The Morgan fingerprint density at radius 2 is 2.06 bits per heavy atom. The molecule has 0 aliphatic heterocycles. The van der Waals surface area contributed by atoms with E-state index in [1.54, 1.807) is 12.1 Å². The zero-order valence-corrected chi connectivity index (χ0v) is 12.5. The fourth-order valence-electron chi connectivity index (χ4n) is 1.23. The van der Waals surface area contributed by atoms with E-state index in [4.69, 9.17) is 10.8 Å². The van der Waals surface area contributed by atoms with Gasteiger partial charge in [0.15, 0.2) is 0 Å². The van der Waals surface area contributed by atoms with Crippen LogP contribution < -0.4 is 11.1 Å². The van der Waals surface area contributed by atoms with E-state index in [0.717, 1.165) is 8.95 Å². The average molecular weight is 380 g/mol. The van der Waals surface area contributed by atoms with E-state index in [-0.39, 0.29) is 12.8 Å². The number of benzene rings is 1. The molecule has 0 aromatic heterocycles. The fourth-order valence-corrected chi connectivity index (χ4v) is 1.94. The number of anilines is 1. The number of carboxylic acids is 1. The molecule has 1 amide bonds. The maximum Gasteiger partial charge on any atom is 0.303 e. The Kier molecular flexibility index (Phi) is 5.77. The van der Waals surface area contributed by atoms with E-state index in [9.17, 15) is 9.59 Å². The van der Waals surface area contributed by atoms with Crippen LogP contribution in [0.4, 0.5) is 5.69 Å². The number of aliphatic carboxylic acids is 1. The molecule has 4 N–H and O–H groups in total. The standard InChI is InChI=1S/C11H12Br2N2O3/c12-6-1-2-7(13)9(5-6)15-11(18)8(14)3-4-10(16)17/h1-2,5,8H,3-4,14H2,(H,15,18)(H,16,17). The van der Waals surface area contributed by atoms with Gasteiger partial charge in [-0.25, -0.2) is 0 Å². The number of hydrogen-bond acceptors (Lipinski definition) is 3. The van der Waals surface area contributed by atoms with Gasteiger partial charge in [0.1, 0.15) is 0 Å². The lowest BCUT2D eigenvalue weighted by Gasteiger charge is -2.12. The summed E-state index contributed by atoms with van der Waals surface area (Å²) in [6.45, 7) is 0. The second-order valence-corrected chi connectivity index (χ2v) is 5.42.